The van der Waals surface area contributed by atoms with E-state index in [0.29, 0.717) is 6.07 Å². The zero-order chi connectivity index (χ0) is 13.2. The van der Waals surface area contributed by atoms with Crippen LogP contribution in [-0.2, 0) is 4.74 Å². The van der Waals surface area contributed by atoms with Crippen LogP contribution in [0.2, 0.25) is 5.15 Å². The standard InChI is InChI=1S/C8H5ClF2N2O4/c1-17-8(14)3-2-4(13(15)16)6(9)12-5(3)7(10)11/h2,7H,1H3. The molecule has 0 saturated carbocycles. The summed E-state index contributed by atoms with van der Waals surface area (Å²) in [6, 6.07) is 0.614. The third-order valence-corrected chi connectivity index (χ3v) is 2.07. The molecule has 0 aromatic carbocycles. The van der Waals surface area contributed by atoms with Gasteiger partial charge in [-0.15, -0.1) is 0 Å². The maximum absolute atomic E-state index is 12.5. The number of aromatic nitrogens is 1. The molecule has 1 aromatic rings. The van der Waals surface area contributed by atoms with Gasteiger partial charge in [-0.05, 0) is 0 Å². The van der Waals surface area contributed by atoms with Crippen molar-refractivity contribution in [1.29, 1.82) is 0 Å². The zero-order valence-corrected chi connectivity index (χ0v) is 9.07. The largest absolute Gasteiger partial charge is 0.465 e. The van der Waals surface area contributed by atoms with E-state index in [4.69, 9.17) is 11.6 Å². The maximum Gasteiger partial charge on any atom is 0.340 e. The van der Waals surface area contributed by atoms with Crippen LogP contribution in [0.1, 0.15) is 22.5 Å². The zero-order valence-electron chi connectivity index (χ0n) is 8.32. The molecule has 0 bridgehead atoms. The third-order valence-electron chi connectivity index (χ3n) is 1.80. The third kappa shape index (κ3) is 2.64. The fourth-order valence-electron chi connectivity index (χ4n) is 1.06. The molecule has 92 valence electrons. The van der Waals surface area contributed by atoms with Gasteiger partial charge in [0.05, 0.1) is 17.6 Å². The van der Waals surface area contributed by atoms with Crippen molar-refractivity contribution < 1.29 is 23.2 Å². The molecule has 0 fully saturated rings. The molecule has 17 heavy (non-hydrogen) atoms. The quantitative estimate of drug-likeness (QED) is 0.363. The second kappa shape index (κ2) is 5.00. The van der Waals surface area contributed by atoms with Gasteiger partial charge >= 0.3 is 11.7 Å². The summed E-state index contributed by atoms with van der Waals surface area (Å²) >= 11 is 5.35. The van der Waals surface area contributed by atoms with Crippen LogP contribution in [-0.4, -0.2) is 23.0 Å². The molecule has 1 aromatic heterocycles. The number of nitrogens with zero attached hydrogens (tertiary/aromatic N) is 2. The van der Waals surface area contributed by atoms with Crippen molar-refractivity contribution >= 4 is 23.3 Å². The van der Waals surface area contributed by atoms with Gasteiger partial charge in [0.1, 0.15) is 5.69 Å². The summed E-state index contributed by atoms with van der Waals surface area (Å²) in [4.78, 5) is 23.9. The van der Waals surface area contributed by atoms with E-state index in [2.05, 4.69) is 9.72 Å². The van der Waals surface area contributed by atoms with Crippen molar-refractivity contribution in [2.24, 2.45) is 0 Å². The molecule has 0 aliphatic heterocycles. The molecule has 0 aliphatic carbocycles. The van der Waals surface area contributed by atoms with Crippen LogP contribution in [0.3, 0.4) is 0 Å². The first kappa shape index (κ1) is 13.2. The first-order valence-electron chi connectivity index (χ1n) is 4.09. The predicted octanol–water partition coefficient (Wildman–Crippen LogP) is 2.37. The molecule has 1 heterocycles. The summed E-state index contributed by atoms with van der Waals surface area (Å²) in [6.45, 7) is 0. The van der Waals surface area contributed by atoms with E-state index in [1.165, 1.54) is 0 Å². The van der Waals surface area contributed by atoms with E-state index >= 15 is 0 Å². The highest BCUT2D eigenvalue weighted by atomic mass is 35.5. The van der Waals surface area contributed by atoms with Crippen LogP contribution >= 0.6 is 11.6 Å². The Morgan fingerprint density at radius 3 is 2.65 bits per heavy atom. The molecule has 0 atom stereocenters. The molecular formula is C8H5ClF2N2O4. The fourth-order valence-corrected chi connectivity index (χ4v) is 1.28. The number of hydrogen-bond acceptors (Lipinski definition) is 5. The molecule has 0 aliphatic rings. The number of ether oxygens (including phenoxy) is 1. The number of esters is 1. The highest BCUT2D eigenvalue weighted by Crippen LogP contribution is 2.30. The molecule has 0 amide bonds. The number of carbonyl (C=O) groups excluding carboxylic acids is 1. The highest BCUT2D eigenvalue weighted by Gasteiger charge is 2.27. The van der Waals surface area contributed by atoms with Crippen LogP contribution < -0.4 is 0 Å². The van der Waals surface area contributed by atoms with Gasteiger partial charge < -0.3 is 4.74 Å². The number of hydrogen-bond donors (Lipinski definition) is 0. The van der Waals surface area contributed by atoms with Gasteiger partial charge in [0, 0.05) is 6.07 Å². The maximum atomic E-state index is 12.5. The number of rotatable bonds is 3. The summed E-state index contributed by atoms with van der Waals surface area (Å²) in [5.41, 5.74) is -2.37. The van der Waals surface area contributed by atoms with Crippen molar-refractivity contribution in [3.8, 4) is 0 Å². The minimum atomic E-state index is -3.09. The Balaban J connectivity index is 3.47. The van der Waals surface area contributed by atoms with E-state index in [9.17, 15) is 23.7 Å². The van der Waals surface area contributed by atoms with Gasteiger partial charge in [0.2, 0.25) is 5.15 Å². The molecule has 1 rings (SSSR count). The van der Waals surface area contributed by atoms with Gasteiger partial charge in [0.25, 0.3) is 6.43 Å². The van der Waals surface area contributed by atoms with Gasteiger partial charge in [-0.2, -0.15) is 0 Å². The summed E-state index contributed by atoms with van der Waals surface area (Å²) < 4.78 is 29.3. The lowest BCUT2D eigenvalue weighted by Crippen LogP contribution is -2.09. The van der Waals surface area contributed by atoms with Crippen molar-refractivity contribution in [2.75, 3.05) is 7.11 Å². The van der Waals surface area contributed by atoms with E-state index in [-0.39, 0.29) is 0 Å². The van der Waals surface area contributed by atoms with Gasteiger partial charge in [0.15, 0.2) is 0 Å². The average Bonchev–Trinajstić information content (AvgIpc) is 2.26. The second-order valence-corrected chi connectivity index (χ2v) is 3.14. The Labute approximate surface area is 98.3 Å². The molecule has 9 heteroatoms. The van der Waals surface area contributed by atoms with E-state index < -0.39 is 39.4 Å². The topological polar surface area (TPSA) is 82.3 Å². The average molecular weight is 267 g/mol. The van der Waals surface area contributed by atoms with Crippen LogP contribution in [0.4, 0.5) is 14.5 Å². The lowest BCUT2D eigenvalue weighted by Gasteiger charge is -2.06. The number of carbonyl (C=O) groups is 1. The first-order valence-corrected chi connectivity index (χ1v) is 4.47. The summed E-state index contributed by atoms with van der Waals surface area (Å²) in [6.07, 6.45) is -3.09. The van der Waals surface area contributed by atoms with Crippen LogP contribution in [0, 0.1) is 10.1 Å². The lowest BCUT2D eigenvalue weighted by atomic mass is 10.2. The number of nitro groups is 1. The second-order valence-electron chi connectivity index (χ2n) is 2.78. The Morgan fingerprint density at radius 2 is 2.24 bits per heavy atom. The molecule has 0 unspecified atom stereocenters. The Hall–Kier alpha value is -1.83. The van der Waals surface area contributed by atoms with Crippen molar-refractivity contribution in [1.82, 2.24) is 4.98 Å². The van der Waals surface area contributed by atoms with E-state index in [1.807, 2.05) is 0 Å². The minimum absolute atomic E-state index is 0.614. The lowest BCUT2D eigenvalue weighted by molar-refractivity contribution is -0.385. The SMILES string of the molecule is COC(=O)c1cc([N+](=O)[O-])c(Cl)nc1C(F)F. The number of alkyl halides is 2. The van der Waals surface area contributed by atoms with Crippen molar-refractivity contribution in [3.63, 3.8) is 0 Å². The van der Waals surface area contributed by atoms with Crippen LogP contribution in [0.5, 0.6) is 0 Å². The number of halogens is 3. The Kier molecular flexibility index (Phi) is 3.89. The first-order chi connectivity index (χ1) is 7.88. The smallest absolute Gasteiger partial charge is 0.340 e. The molecule has 0 radical (unpaired) electrons. The minimum Gasteiger partial charge on any atom is -0.465 e. The molecule has 0 spiro atoms. The summed E-state index contributed by atoms with van der Waals surface area (Å²) in [5, 5.41) is 9.80. The highest BCUT2D eigenvalue weighted by molar-refractivity contribution is 6.31. The number of methoxy groups -OCH3 is 1. The van der Waals surface area contributed by atoms with Gasteiger partial charge in [-0.3, -0.25) is 10.1 Å². The molecular weight excluding hydrogens is 262 g/mol. The predicted molar refractivity (Wildman–Crippen MR) is 52.2 cm³/mol. The monoisotopic (exact) mass is 266 g/mol. The van der Waals surface area contributed by atoms with Crippen molar-refractivity contribution in [2.45, 2.75) is 6.43 Å². The molecule has 6 nitrogen and oxygen atoms in total. The van der Waals surface area contributed by atoms with Crippen molar-refractivity contribution in [3.05, 3.63) is 32.6 Å². The van der Waals surface area contributed by atoms with E-state index in [0.717, 1.165) is 7.11 Å². The fraction of sp³-hybridized carbons (Fsp3) is 0.250. The Morgan fingerprint density at radius 1 is 1.65 bits per heavy atom. The number of pyridine rings is 1. The van der Waals surface area contributed by atoms with Gasteiger partial charge in [-0.1, -0.05) is 11.6 Å². The molecule has 0 N–H and O–H groups in total. The Bertz CT molecular complexity index is 481. The van der Waals surface area contributed by atoms with E-state index in [1.54, 1.807) is 0 Å². The summed E-state index contributed by atoms with van der Waals surface area (Å²) in [5.74, 6) is -1.15. The van der Waals surface area contributed by atoms with Gasteiger partial charge in [-0.25, -0.2) is 18.6 Å². The summed E-state index contributed by atoms with van der Waals surface area (Å²) in [7, 11) is 0.956. The molecule has 0 saturated heterocycles. The van der Waals surface area contributed by atoms with Crippen LogP contribution in [0.15, 0.2) is 6.07 Å². The van der Waals surface area contributed by atoms with Crippen LogP contribution in [0.25, 0.3) is 0 Å². The normalized spacial score (nSPS) is 10.4.